The van der Waals surface area contributed by atoms with Crippen LogP contribution in [0.2, 0.25) is 5.02 Å². The van der Waals surface area contributed by atoms with Crippen molar-refractivity contribution in [1.29, 1.82) is 0 Å². The number of aromatic nitrogens is 5. The topological polar surface area (TPSA) is 112 Å². The number of aryl methyl sites for hydroxylation is 2. The number of nitrogens with two attached hydrogens (primary N) is 1. The van der Waals surface area contributed by atoms with Crippen molar-refractivity contribution in [1.82, 2.24) is 24.5 Å². The van der Waals surface area contributed by atoms with Gasteiger partial charge in [0.2, 0.25) is 5.95 Å². The lowest BCUT2D eigenvalue weighted by Crippen LogP contribution is -2.33. The van der Waals surface area contributed by atoms with Gasteiger partial charge in [-0.3, -0.25) is 14.3 Å². The lowest BCUT2D eigenvalue weighted by Gasteiger charge is -2.26. The molecule has 0 bridgehead atoms. The third kappa shape index (κ3) is 4.76. The molecular weight excluding hydrogens is 462 g/mol. The number of hydrogen-bond acceptors (Lipinski definition) is 7. The fourth-order valence-corrected chi connectivity index (χ4v) is 4.94. The number of nitrogens with one attached hydrogen (secondary N) is 1. The molecule has 1 saturated carbocycles. The molecule has 35 heavy (non-hydrogen) atoms. The van der Waals surface area contributed by atoms with Crippen molar-refractivity contribution in [3.63, 3.8) is 0 Å². The Morgan fingerprint density at radius 3 is 2.60 bits per heavy atom. The van der Waals surface area contributed by atoms with Crippen LogP contribution in [0.4, 0.5) is 5.95 Å². The van der Waals surface area contributed by atoms with Crippen molar-refractivity contribution in [3.05, 3.63) is 63.9 Å². The molecular formula is C26H28ClN7O. The first-order chi connectivity index (χ1) is 16.9. The summed E-state index contributed by atoms with van der Waals surface area (Å²) in [7, 11) is 0. The second kappa shape index (κ2) is 9.71. The van der Waals surface area contributed by atoms with Gasteiger partial charge in [-0.15, -0.1) is 0 Å². The van der Waals surface area contributed by atoms with Crippen molar-refractivity contribution in [3.8, 4) is 22.4 Å². The van der Waals surface area contributed by atoms with E-state index in [1.54, 1.807) is 23.2 Å². The van der Waals surface area contributed by atoms with E-state index in [9.17, 15) is 4.79 Å². The maximum atomic E-state index is 13.5. The number of nitrogens with zero attached hydrogens (tertiary/aromatic N) is 5. The first kappa shape index (κ1) is 23.4. The Hall–Kier alpha value is -3.36. The van der Waals surface area contributed by atoms with Gasteiger partial charge >= 0.3 is 0 Å². The number of rotatable bonds is 5. The zero-order valence-electron chi connectivity index (χ0n) is 19.8. The van der Waals surface area contributed by atoms with Gasteiger partial charge in [0.25, 0.3) is 5.56 Å². The third-order valence-corrected chi connectivity index (χ3v) is 6.87. The number of anilines is 1. The van der Waals surface area contributed by atoms with Crippen LogP contribution in [0.15, 0.2) is 47.7 Å². The monoisotopic (exact) mass is 489 g/mol. The van der Waals surface area contributed by atoms with Gasteiger partial charge in [0.15, 0.2) is 0 Å². The summed E-state index contributed by atoms with van der Waals surface area (Å²) in [5.74, 6) is 0.536. The second-order valence-corrected chi connectivity index (χ2v) is 9.48. The van der Waals surface area contributed by atoms with E-state index in [4.69, 9.17) is 22.3 Å². The van der Waals surface area contributed by atoms with E-state index in [1.165, 1.54) is 0 Å². The predicted octanol–water partition coefficient (Wildman–Crippen LogP) is 4.58. The molecule has 0 saturated heterocycles. The summed E-state index contributed by atoms with van der Waals surface area (Å²) in [5, 5.41) is 4.67. The molecule has 0 unspecified atom stereocenters. The Morgan fingerprint density at radius 2 is 1.89 bits per heavy atom. The molecule has 1 aromatic carbocycles. The fraction of sp³-hybridized carbons (Fsp3) is 0.346. The van der Waals surface area contributed by atoms with Gasteiger partial charge in [-0.2, -0.15) is 4.98 Å². The highest BCUT2D eigenvalue weighted by molar-refractivity contribution is 6.33. The third-order valence-electron chi connectivity index (χ3n) is 6.56. The van der Waals surface area contributed by atoms with Gasteiger partial charge in [-0.25, -0.2) is 9.97 Å². The van der Waals surface area contributed by atoms with Crippen LogP contribution in [0.1, 0.15) is 38.3 Å². The maximum Gasteiger partial charge on any atom is 0.260 e. The first-order valence-electron chi connectivity index (χ1n) is 11.9. The van der Waals surface area contributed by atoms with E-state index in [1.807, 2.05) is 38.1 Å². The van der Waals surface area contributed by atoms with Gasteiger partial charge in [0, 0.05) is 58.1 Å². The Morgan fingerprint density at radius 1 is 1.09 bits per heavy atom. The molecule has 3 N–H and O–H groups in total. The Labute approximate surface area is 208 Å². The minimum Gasteiger partial charge on any atom is -0.351 e. The number of benzene rings is 1. The van der Waals surface area contributed by atoms with E-state index in [0.717, 1.165) is 48.0 Å². The number of fused-ring (bicyclic) bond motifs is 1. The predicted molar refractivity (Wildman–Crippen MR) is 140 cm³/mol. The molecule has 0 aliphatic heterocycles. The van der Waals surface area contributed by atoms with E-state index in [2.05, 4.69) is 20.3 Å². The molecule has 0 spiro atoms. The maximum absolute atomic E-state index is 13.5. The van der Waals surface area contributed by atoms with Crippen LogP contribution >= 0.6 is 11.6 Å². The average Bonchev–Trinajstić information content (AvgIpc) is 2.85. The Kier molecular flexibility index (Phi) is 6.49. The molecule has 5 rings (SSSR count). The van der Waals surface area contributed by atoms with Crippen LogP contribution in [0, 0.1) is 6.92 Å². The van der Waals surface area contributed by atoms with Crippen LogP contribution < -0.4 is 16.6 Å². The number of hydrogen-bond donors (Lipinski definition) is 2. The van der Waals surface area contributed by atoms with Crippen molar-refractivity contribution < 1.29 is 0 Å². The number of halogens is 1. The van der Waals surface area contributed by atoms with Crippen molar-refractivity contribution in [2.24, 2.45) is 5.73 Å². The summed E-state index contributed by atoms with van der Waals surface area (Å²) in [4.78, 5) is 31.4. The zero-order chi connectivity index (χ0) is 24.5. The molecule has 0 amide bonds. The summed E-state index contributed by atoms with van der Waals surface area (Å²) in [5.41, 5.74) is 10.1. The molecule has 180 valence electrons. The van der Waals surface area contributed by atoms with Gasteiger partial charge in [-0.05, 0) is 51.7 Å². The van der Waals surface area contributed by atoms with Gasteiger partial charge < -0.3 is 11.1 Å². The Balaban J connectivity index is 1.51. The largest absolute Gasteiger partial charge is 0.351 e. The SMILES string of the molecule is CCn1c(=O)c(-c2ccc(-c3cncc(C)n3)cc2Cl)cc2cnc(N[C@H]3CC[C@H](N)CC3)nc21. The highest BCUT2D eigenvalue weighted by Crippen LogP contribution is 2.31. The molecule has 3 aromatic heterocycles. The molecule has 3 heterocycles. The highest BCUT2D eigenvalue weighted by atomic mass is 35.5. The van der Waals surface area contributed by atoms with E-state index >= 15 is 0 Å². The molecule has 4 aromatic rings. The molecule has 1 aliphatic carbocycles. The molecule has 0 atom stereocenters. The van der Waals surface area contributed by atoms with Crippen LogP contribution in [-0.4, -0.2) is 36.6 Å². The van der Waals surface area contributed by atoms with E-state index in [0.29, 0.717) is 40.3 Å². The van der Waals surface area contributed by atoms with Crippen LogP contribution in [0.3, 0.4) is 0 Å². The molecule has 8 nitrogen and oxygen atoms in total. The normalized spacial score (nSPS) is 18.1. The summed E-state index contributed by atoms with van der Waals surface area (Å²) < 4.78 is 1.67. The van der Waals surface area contributed by atoms with Crippen molar-refractivity contribution in [2.75, 3.05) is 5.32 Å². The highest BCUT2D eigenvalue weighted by Gasteiger charge is 2.20. The summed E-state index contributed by atoms with van der Waals surface area (Å²) in [6.07, 6.45) is 9.13. The van der Waals surface area contributed by atoms with Crippen LogP contribution in [-0.2, 0) is 6.54 Å². The van der Waals surface area contributed by atoms with Gasteiger partial charge in [0.05, 0.1) is 17.6 Å². The minimum atomic E-state index is -0.140. The second-order valence-electron chi connectivity index (χ2n) is 9.08. The van der Waals surface area contributed by atoms with Gasteiger partial charge in [-0.1, -0.05) is 23.7 Å². The molecule has 9 heteroatoms. The van der Waals surface area contributed by atoms with E-state index in [-0.39, 0.29) is 11.6 Å². The smallest absolute Gasteiger partial charge is 0.260 e. The summed E-state index contributed by atoms with van der Waals surface area (Å²) >= 11 is 6.67. The molecule has 1 fully saturated rings. The van der Waals surface area contributed by atoms with Crippen LogP contribution in [0.25, 0.3) is 33.4 Å². The lowest BCUT2D eigenvalue weighted by molar-refractivity contribution is 0.410. The van der Waals surface area contributed by atoms with E-state index < -0.39 is 0 Å². The Bertz CT molecular complexity index is 1440. The zero-order valence-corrected chi connectivity index (χ0v) is 20.6. The van der Waals surface area contributed by atoms with Crippen LogP contribution in [0.5, 0.6) is 0 Å². The van der Waals surface area contributed by atoms with Crippen molar-refractivity contribution in [2.45, 2.75) is 58.2 Å². The quantitative estimate of drug-likeness (QED) is 0.422. The van der Waals surface area contributed by atoms with Crippen molar-refractivity contribution >= 4 is 28.6 Å². The summed E-state index contributed by atoms with van der Waals surface area (Å²) in [6, 6.07) is 7.98. The number of pyridine rings is 1. The minimum absolute atomic E-state index is 0.140. The van der Waals surface area contributed by atoms with Gasteiger partial charge in [0.1, 0.15) is 5.65 Å². The first-order valence-corrected chi connectivity index (χ1v) is 12.3. The molecule has 1 aliphatic rings. The summed E-state index contributed by atoms with van der Waals surface area (Å²) in [6.45, 7) is 4.30. The standard InChI is InChI=1S/C26H28ClN7O/c1-3-34-24-17(13-30-26(33-24)32-19-7-5-18(28)6-8-19)10-21(25(34)35)20-9-4-16(11-22(20)27)23-14-29-12-15(2)31-23/h4,9-14,18-19H,3,5-8,28H2,1-2H3,(H,30,32,33)/t18-,19-. The lowest BCUT2D eigenvalue weighted by atomic mass is 9.92. The average molecular weight is 490 g/mol. The fourth-order valence-electron chi connectivity index (χ4n) is 4.66. The molecule has 0 radical (unpaired) electrons.